The van der Waals surface area contributed by atoms with E-state index in [2.05, 4.69) is 5.38 Å². The average molecular weight is 222 g/mol. The van der Waals surface area contributed by atoms with Crippen LogP contribution in [0.5, 0.6) is 0 Å². The zero-order valence-electron chi connectivity index (χ0n) is 9.09. The van der Waals surface area contributed by atoms with Crippen molar-refractivity contribution in [2.45, 2.75) is 44.9 Å². The lowest BCUT2D eigenvalue weighted by Crippen LogP contribution is -2.11. The largest absolute Gasteiger partial charge is 0.396 e. The Hall–Kier alpha value is -0.340. The molecule has 1 heterocycles. The Balaban J connectivity index is 1.83. The molecule has 82 valence electrons. The Morgan fingerprint density at radius 3 is 2.80 bits per heavy atom. The lowest BCUT2D eigenvalue weighted by atomic mass is 9.90. The molecule has 2 aliphatic carbocycles. The number of fused-ring (bicyclic) bond motifs is 1. The van der Waals surface area contributed by atoms with Gasteiger partial charge in [0.2, 0.25) is 0 Å². The van der Waals surface area contributed by atoms with Gasteiger partial charge in [0.1, 0.15) is 0 Å². The molecule has 0 aromatic carbocycles. The zero-order chi connectivity index (χ0) is 10.3. The number of aliphatic hydroxyl groups is 1. The maximum Gasteiger partial charge on any atom is 0.0490 e. The molecule has 15 heavy (non-hydrogen) atoms. The molecule has 0 spiro atoms. The summed E-state index contributed by atoms with van der Waals surface area (Å²) in [5, 5.41) is 11.7. The van der Waals surface area contributed by atoms with Gasteiger partial charge < -0.3 is 5.11 Å². The predicted molar refractivity (Wildman–Crippen MR) is 63.4 cm³/mol. The lowest BCUT2D eigenvalue weighted by molar-refractivity contribution is 0.211. The molecule has 0 unspecified atom stereocenters. The average Bonchev–Trinajstić information content (AvgIpc) is 2.95. The van der Waals surface area contributed by atoms with Crippen LogP contribution in [0.2, 0.25) is 0 Å². The van der Waals surface area contributed by atoms with Crippen molar-refractivity contribution in [1.29, 1.82) is 0 Å². The minimum Gasteiger partial charge on any atom is -0.396 e. The van der Waals surface area contributed by atoms with Crippen LogP contribution in [0.4, 0.5) is 0 Å². The molecular formula is C13H18OS. The molecule has 0 saturated heterocycles. The summed E-state index contributed by atoms with van der Waals surface area (Å²) in [6.45, 7) is 0.387. The predicted octanol–water partition coefficient (Wildman–Crippen LogP) is 2.94. The number of aryl methyl sites for hydroxylation is 1. The number of hydrogen-bond acceptors (Lipinski definition) is 2. The molecule has 0 atom stereocenters. The first-order chi connectivity index (χ1) is 7.33. The Kier molecular flexibility index (Phi) is 2.37. The molecule has 0 radical (unpaired) electrons. The first-order valence-electron chi connectivity index (χ1n) is 6.02. The normalized spacial score (nSPS) is 22.5. The highest BCUT2D eigenvalue weighted by Gasteiger charge is 2.42. The van der Waals surface area contributed by atoms with Gasteiger partial charge in [-0.05, 0) is 66.9 Å². The molecule has 1 nitrogen and oxygen atoms in total. The van der Waals surface area contributed by atoms with Crippen molar-refractivity contribution in [2.75, 3.05) is 6.61 Å². The third-order valence-electron chi connectivity index (χ3n) is 4.01. The minimum atomic E-state index is 0.284. The van der Waals surface area contributed by atoms with E-state index in [4.69, 9.17) is 0 Å². The van der Waals surface area contributed by atoms with Gasteiger partial charge in [-0.25, -0.2) is 0 Å². The van der Waals surface area contributed by atoms with Crippen molar-refractivity contribution in [3.05, 3.63) is 21.4 Å². The van der Waals surface area contributed by atoms with Gasteiger partial charge in [-0.1, -0.05) is 0 Å². The fourth-order valence-electron chi connectivity index (χ4n) is 2.68. The second kappa shape index (κ2) is 3.60. The second-order valence-electron chi connectivity index (χ2n) is 5.20. The highest BCUT2D eigenvalue weighted by Crippen LogP contribution is 2.49. The van der Waals surface area contributed by atoms with Crippen LogP contribution >= 0.6 is 11.3 Å². The number of rotatable bonds is 3. The van der Waals surface area contributed by atoms with E-state index >= 15 is 0 Å². The van der Waals surface area contributed by atoms with Crippen LogP contribution in [0, 0.1) is 5.41 Å². The number of thiophene rings is 1. The SMILES string of the molecule is OCC1(Cc2csc3c2CCCC3)CC1. The maximum atomic E-state index is 9.36. The number of aliphatic hydroxyl groups excluding tert-OH is 1. The molecule has 2 heteroatoms. The van der Waals surface area contributed by atoms with E-state index in [1.165, 1.54) is 38.5 Å². The molecule has 0 aliphatic heterocycles. The molecule has 1 saturated carbocycles. The Bertz CT molecular complexity index is 363. The van der Waals surface area contributed by atoms with Gasteiger partial charge in [0.25, 0.3) is 0 Å². The smallest absolute Gasteiger partial charge is 0.0490 e. The standard InChI is InChI=1S/C13H18OS/c14-9-13(5-6-13)7-10-8-15-12-4-2-1-3-11(10)12/h8,14H,1-7,9H2. The van der Waals surface area contributed by atoms with Crippen LogP contribution in [-0.2, 0) is 19.3 Å². The van der Waals surface area contributed by atoms with Crippen molar-refractivity contribution < 1.29 is 5.11 Å². The van der Waals surface area contributed by atoms with E-state index in [0.717, 1.165) is 6.42 Å². The fraction of sp³-hybridized carbons (Fsp3) is 0.692. The summed E-state index contributed by atoms with van der Waals surface area (Å²) in [5.74, 6) is 0. The van der Waals surface area contributed by atoms with E-state index in [-0.39, 0.29) is 5.41 Å². The summed E-state index contributed by atoms with van der Waals surface area (Å²) >= 11 is 1.95. The minimum absolute atomic E-state index is 0.284. The first kappa shape index (κ1) is 9.86. The Morgan fingerprint density at radius 1 is 1.27 bits per heavy atom. The van der Waals surface area contributed by atoms with Crippen LogP contribution in [-0.4, -0.2) is 11.7 Å². The highest BCUT2D eigenvalue weighted by molar-refractivity contribution is 7.10. The van der Waals surface area contributed by atoms with Crippen molar-refractivity contribution in [1.82, 2.24) is 0 Å². The van der Waals surface area contributed by atoms with Gasteiger partial charge in [0, 0.05) is 11.5 Å². The van der Waals surface area contributed by atoms with Crippen LogP contribution in [0.25, 0.3) is 0 Å². The maximum absolute atomic E-state index is 9.36. The molecule has 0 amide bonds. The van der Waals surface area contributed by atoms with E-state index in [1.54, 1.807) is 16.0 Å². The van der Waals surface area contributed by atoms with Crippen molar-refractivity contribution in [3.8, 4) is 0 Å². The van der Waals surface area contributed by atoms with Gasteiger partial charge in [0.15, 0.2) is 0 Å². The summed E-state index contributed by atoms with van der Waals surface area (Å²) in [7, 11) is 0. The molecular weight excluding hydrogens is 204 g/mol. The first-order valence-corrected chi connectivity index (χ1v) is 6.90. The van der Waals surface area contributed by atoms with E-state index in [1.807, 2.05) is 11.3 Å². The Labute approximate surface area is 95.1 Å². The third-order valence-corrected chi connectivity index (χ3v) is 5.14. The summed E-state index contributed by atoms with van der Waals surface area (Å²) < 4.78 is 0. The van der Waals surface area contributed by atoms with Crippen LogP contribution in [0.15, 0.2) is 5.38 Å². The monoisotopic (exact) mass is 222 g/mol. The highest BCUT2D eigenvalue weighted by atomic mass is 32.1. The summed E-state index contributed by atoms with van der Waals surface area (Å²) in [4.78, 5) is 1.63. The molecule has 0 bridgehead atoms. The fourth-order valence-corrected chi connectivity index (χ4v) is 3.83. The Morgan fingerprint density at radius 2 is 2.07 bits per heavy atom. The molecule has 1 aromatic rings. The molecule has 2 aliphatic rings. The van der Waals surface area contributed by atoms with E-state index in [0.29, 0.717) is 6.61 Å². The van der Waals surface area contributed by atoms with Crippen LogP contribution < -0.4 is 0 Å². The summed E-state index contributed by atoms with van der Waals surface area (Å²) in [6, 6.07) is 0. The van der Waals surface area contributed by atoms with E-state index < -0.39 is 0 Å². The topological polar surface area (TPSA) is 20.2 Å². The molecule has 1 aromatic heterocycles. The summed E-state index contributed by atoms with van der Waals surface area (Å²) in [5.41, 5.74) is 3.49. The van der Waals surface area contributed by atoms with Gasteiger partial charge in [-0.3, -0.25) is 0 Å². The van der Waals surface area contributed by atoms with Crippen molar-refractivity contribution in [3.63, 3.8) is 0 Å². The zero-order valence-corrected chi connectivity index (χ0v) is 9.91. The molecule has 3 rings (SSSR count). The second-order valence-corrected chi connectivity index (χ2v) is 6.17. The van der Waals surface area contributed by atoms with Crippen molar-refractivity contribution >= 4 is 11.3 Å². The summed E-state index contributed by atoms with van der Waals surface area (Å²) in [6.07, 6.45) is 8.92. The molecule has 1 fully saturated rings. The van der Waals surface area contributed by atoms with Gasteiger partial charge in [-0.15, -0.1) is 11.3 Å². The van der Waals surface area contributed by atoms with Crippen LogP contribution in [0.1, 0.15) is 41.7 Å². The molecule has 1 N–H and O–H groups in total. The van der Waals surface area contributed by atoms with Crippen LogP contribution in [0.3, 0.4) is 0 Å². The van der Waals surface area contributed by atoms with Gasteiger partial charge in [0.05, 0.1) is 0 Å². The quantitative estimate of drug-likeness (QED) is 0.833. The van der Waals surface area contributed by atoms with E-state index in [9.17, 15) is 5.11 Å². The number of hydrogen-bond donors (Lipinski definition) is 1. The van der Waals surface area contributed by atoms with Crippen molar-refractivity contribution in [2.24, 2.45) is 5.41 Å². The third kappa shape index (κ3) is 1.74. The lowest BCUT2D eigenvalue weighted by Gasteiger charge is -2.15. The van der Waals surface area contributed by atoms with Gasteiger partial charge >= 0.3 is 0 Å². The van der Waals surface area contributed by atoms with Gasteiger partial charge in [-0.2, -0.15) is 0 Å².